The van der Waals surface area contributed by atoms with Gasteiger partial charge in [0.05, 0.1) is 0 Å². The van der Waals surface area contributed by atoms with Crippen LogP contribution < -0.4 is 4.90 Å². The molecule has 1 amide bonds. The van der Waals surface area contributed by atoms with E-state index >= 15 is 0 Å². The Balaban J connectivity index is 1.88. The fourth-order valence-corrected chi connectivity index (χ4v) is 3.04. The van der Waals surface area contributed by atoms with Gasteiger partial charge in [0, 0.05) is 28.7 Å². The van der Waals surface area contributed by atoms with Crippen LogP contribution in [0, 0.1) is 5.82 Å². The molecule has 8 heteroatoms. The molecule has 0 radical (unpaired) electrons. The Hall–Kier alpha value is -3.29. The molecule has 28 heavy (non-hydrogen) atoms. The van der Waals surface area contributed by atoms with Gasteiger partial charge in [0.25, 0.3) is 5.91 Å². The molecule has 0 saturated heterocycles. The van der Waals surface area contributed by atoms with Crippen molar-refractivity contribution in [2.75, 3.05) is 11.6 Å². The van der Waals surface area contributed by atoms with E-state index in [1.165, 1.54) is 17.0 Å². The maximum Gasteiger partial charge on any atom is 0.279 e. The maximum absolute atomic E-state index is 13.4. The minimum absolute atomic E-state index is 0.207. The van der Waals surface area contributed by atoms with Gasteiger partial charge >= 0.3 is 0 Å². The van der Waals surface area contributed by atoms with Crippen LogP contribution in [0.1, 0.15) is 10.5 Å². The lowest BCUT2D eigenvalue weighted by Gasteiger charge is -2.20. The van der Waals surface area contributed by atoms with Crippen LogP contribution in [0.4, 0.5) is 10.1 Å². The number of halogens is 2. The van der Waals surface area contributed by atoms with Crippen LogP contribution in [0.25, 0.3) is 17.0 Å². The van der Waals surface area contributed by atoms with Crippen molar-refractivity contribution in [1.29, 1.82) is 0 Å². The maximum atomic E-state index is 13.4. The van der Waals surface area contributed by atoms with Crippen LogP contribution >= 0.6 is 11.6 Å². The van der Waals surface area contributed by atoms with Crippen LogP contribution in [0.3, 0.4) is 0 Å². The molecule has 0 spiro atoms. The first kappa shape index (κ1) is 18.1. The molecule has 6 nitrogen and oxygen atoms in total. The second-order valence-electron chi connectivity index (χ2n) is 5.96. The van der Waals surface area contributed by atoms with Gasteiger partial charge in [-0.2, -0.15) is 0 Å². The highest BCUT2D eigenvalue weighted by molar-refractivity contribution is 6.30. The molecular weight excluding hydrogens is 383 g/mol. The number of carbonyl (C=O) groups is 1. The van der Waals surface area contributed by atoms with Crippen LogP contribution in [-0.4, -0.2) is 32.1 Å². The molecule has 0 aliphatic carbocycles. The Morgan fingerprint density at radius 1 is 1.14 bits per heavy atom. The smallest absolute Gasteiger partial charge is 0.279 e. The van der Waals surface area contributed by atoms with E-state index in [4.69, 9.17) is 11.6 Å². The zero-order valence-electron chi connectivity index (χ0n) is 14.5. The van der Waals surface area contributed by atoms with E-state index in [-0.39, 0.29) is 5.69 Å². The highest BCUT2D eigenvalue weighted by atomic mass is 35.5. The van der Waals surface area contributed by atoms with Gasteiger partial charge in [-0.15, -0.1) is 0 Å². The van der Waals surface area contributed by atoms with Crippen molar-refractivity contribution in [3.8, 4) is 11.3 Å². The van der Waals surface area contributed by atoms with Gasteiger partial charge in [-0.3, -0.25) is 14.1 Å². The van der Waals surface area contributed by atoms with E-state index in [0.29, 0.717) is 27.7 Å². The summed E-state index contributed by atoms with van der Waals surface area (Å²) in [5.41, 5.74) is 1.58. The average molecular weight is 397 g/mol. The lowest BCUT2D eigenvalue weighted by atomic mass is 10.1. The molecule has 1 N–H and O–H groups in total. The fourth-order valence-electron chi connectivity index (χ4n) is 2.91. The first-order chi connectivity index (χ1) is 13.6. The summed E-state index contributed by atoms with van der Waals surface area (Å²) in [6.45, 7) is -0.545. The molecule has 0 unspecified atom stereocenters. The Kier molecular flexibility index (Phi) is 4.77. The fraction of sp³-hybridized carbons (Fsp3) is 0.0500. The molecule has 0 aliphatic heterocycles. The first-order valence-corrected chi connectivity index (χ1v) is 8.73. The van der Waals surface area contributed by atoms with E-state index in [1.807, 2.05) is 0 Å². The predicted octanol–water partition coefficient (Wildman–Crippen LogP) is 3.79. The molecule has 0 saturated carbocycles. The topological polar surface area (TPSA) is 70.7 Å². The lowest BCUT2D eigenvalue weighted by molar-refractivity contribution is 0.0955. The molecule has 0 aliphatic rings. The number of hydrogen-bond donors (Lipinski definition) is 1. The number of fused-ring (bicyclic) bond motifs is 1. The number of hydrogen-bond acceptors (Lipinski definition) is 4. The summed E-state index contributed by atoms with van der Waals surface area (Å²) >= 11 is 5.92. The van der Waals surface area contributed by atoms with Crippen molar-refractivity contribution in [3.63, 3.8) is 0 Å². The van der Waals surface area contributed by atoms with Crippen molar-refractivity contribution >= 4 is 29.0 Å². The number of carbonyl (C=O) groups excluding carboxylic acids is 1. The second-order valence-corrected chi connectivity index (χ2v) is 6.39. The number of anilines is 1. The molecule has 0 bridgehead atoms. The van der Waals surface area contributed by atoms with Crippen molar-refractivity contribution in [1.82, 2.24) is 14.4 Å². The third-order valence-corrected chi connectivity index (χ3v) is 4.50. The Labute approximate surface area is 164 Å². The van der Waals surface area contributed by atoms with E-state index in [2.05, 4.69) is 9.97 Å². The summed E-state index contributed by atoms with van der Waals surface area (Å²) in [7, 11) is 0. The van der Waals surface area contributed by atoms with Crippen LogP contribution in [-0.2, 0) is 0 Å². The number of rotatable bonds is 4. The minimum atomic E-state index is -0.545. The van der Waals surface area contributed by atoms with E-state index in [9.17, 15) is 14.3 Å². The number of aliphatic hydroxyl groups excluding tert-OH is 1. The number of imidazole rings is 1. The Morgan fingerprint density at radius 3 is 2.54 bits per heavy atom. The molecule has 4 rings (SSSR count). The predicted molar refractivity (Wildman–Crippen MR) is 104 cm³/mol. The van der Waals surface area contributed by atoms with Gasteiger partial charge in [-0.05, 0) is 54.6 Å². The third-order valence-electron chi connectivity index (χ3n) is 4.25. The lowest BCUT2D eigenvalue weighted by Crippen LogP contribution is -2.33. The van der Waals surface area contributed by atoms with Crippen molar-refractivity contribution in [3.05, 3.63) is 83.5 Å². The average Bonchev–Trinajstić information content (AvgIpc) is 3.10. The summed E-state index contributed by atoms with van der Waals surface area (Å²) in [5.74, 6) is -0.555. The molecule has 0 atom stereocenters. The summed E-state index contributed by atoms with van der Waals surface area (Å²) in [6.07, 6.45) is 3.22. The summed E-state index contributed by atoms with van der Waals surface area (Å²) in [4.78, 5) is 23.2. The molecule has 140 valence electrons. The normalized spacial score (nSPS) is 11.0. The second kappa shape index (κ2) is 7.38. The highest BCUT2D eigenvalue weighted by Gasteiger charge is 2.26. The molecule has 0 fully saturated rings. The largest absolute Gasteiger partial charge is 0.376 e. The van der Waals surface area contributed by atoms with Gasteiger partial charge in [-0.1, -0.05) is 11.6 Å². The summed E-state index contributed by atoms with van der Waals surface area (Å²) in [6, 6.07) is 13.9. The molecule has 2 aromatic carbocycles. The Bertz CT molecular complexity index is 1140. The quantitative estimate of drug-likeness (QED) is 0.533. The minimum Gasteiger partial charge on any atom is -0.376 e. The standard InChI is InChI=1S/C20H14ClFN4O2/c21-14-4-8-16(9-5-14)26(12-27)19(28)18-17(13-2-6-15(22)7-3-13)24-20-23-10-1-11-25(18)20/h1-11,27H,12H2. The Morgan fingerprint density at radius 2 is 1.86 bits per heavy atom. The van der Waals surface area contributed by atoms with Gasteiger partial charge < -0.3 is 5.11 Å². The van der Waals surface area contributed by atoms with Gasteiger partial charge in [-0.25, -0.2) is 14.4 Å². The number of nitrogens with zero attached hydrogens (tertiary/aromatic N) is 4. The number of aliphatic hydroxyl groups is 1. The molecule has 2 aromatic heterocycles. The third kappa shape index (κ3) is 3.21. The number of aromatic nitrogens is 3. The SMILES string of the molecule is O=C(c1c(-c2ccc(F)cc2)nc2ncccn12)N(CO)c1ccc(Cl)cc1. The zero-order valence-corrected chi connectivity index (χ0v) is 15.2. The van der Waals surface area contributed by atoms with Crippen LogP contribution in [0.15, 0.2) is 67.0 Å². The van der Waals surface area contributed by atoms with Gasteiger partial charge in [0.2, 0.25) is 5.78 Å². The monoisotopic (exact) mass is 396 g/mol. The van der Waals surface area contributed by atoms with E-state index in [0.717, 1.165) is 0 Å². The zero-order chi connectivity index (χ0) is 19.7. The molecular formula is C20H14ClFN4O2. The number of amides is 1. The van der Waals surface area contributed by atoms with Gasteiger partial charge in [0.1, 0.15) is 23.9 Å². The van der Waals surface area contributed by atoms with E-state index in [1.54, 1.807) is 59.3 Å². The van der Waals surface area contributed by atoms with E-state index < -0.39 is 18.5 Å². The molecule has 2 heterocycles. The van der Waals surface area contributed by atoms with Crippen molar-refractivity contribution < 1.29 is 14.3 Å². The molecule has 4 aromatic rings. The van der Waals surface area contributed by atoms with Crippen LogP contribution in [0.2, 0.25) is 5.02 Å². The number of benzene rings is 2. The van der Waals surface area contributed by atoms with Crippen LogP contribution in [0.5, 0.6) is 0 Å². The summed E-state index contributed by atoms with van der Waals surface area (Å²) in [5, 5.41) is 10.4. The highest BCUT2D eigenvalue weighted by Crippen LogP contribution is 2.27. The van der Waals surface area contributed by atoms with Crippen molar-refractivity contribution in [2.45, 2.75) is 0 Å². The van der Waals surface area contributed by atoms with Crippen molar-refractivity contribution in [2.24, 2.45) is 0 Å². The van der Waals surface area contributed by atoms with Gasteiger partial charge in [0.15, 0.2) is 0 Å². The first-order valence-electron chi connectivity index (χ1n) is 8.36. The summed E-state index contributed by atoms with van der Waals surface area (Å²) < 4.78 is 14.9.